The van der Waals surface area contributed by atoms with E-state index in [1.54, 1.807) is 0 Å². The highest BCUT2D eigenvalue weighted by molar-refractivity contribution is 6.18. The van der Waals surface area contributed by atoms with Crippen molar-refractivity contribution in [2.24, 2.45) is 5.41 Å². The van der Waals surface area contributed by atoms with Crippen molar-refractivity contribution >= 4 is 17.5 Å². The van der Waals surface area contributed by atoms with Crippen molar-refractivity contribution in [1.82, 2.24) is 5.32 Å². The molecule has 0 aromatic carbocycles. The van der Waals surface area contributed by atoms with E-state index in [-0.39, 0.29) is 17.9 Å². The third kappa shape index (κ3) is 3.53. The predicted molar refractivity (Wildman–Crippen MR) is 51.7 cm³/mol. The maximum atomic E-state index is 11.1. The largest absolute Gasteiger partial charge is 0.396 e. The van der Waals surface area contributed by atoms with E-state index in [4.69, 9.17) is 16.7 Å². The number of nitrogens with one attached hydrogen (secondary N) is 1. The van der Waals surface area contributed by atoms with E-state index in [0.29, 0.717) is 18.8 Å². The van der Waals surface area contributed by atoms with E-state index in [9.17, 15) is 4.79 Å². The lowest BCUT2D eigenvalue weighted by Gasteiger charge is -2.13. The summed E-state index contributed by atoms with van der Waals surface area (Å²) in [6, 6.07) is 0. The number of hydrogen-bond acceptors (Lipinski definition) is 2. The number of carbonyl (C=O) groups excluding carboxylic acids is 1. The van der Waals surface area contributed by atoms with Gasteiger partial charge >= 0.3 is 0 Å². The van der Waals surface area contributed by atoms with Gasteiger partial charge in [-0.15, -0.1) is 11.6 Å². The lowest BCUT2D eigenvalue weighted by atomic mass is 10.0. The van der Waals surface area contributed by atoms with Gasteiger partial charge in [0.2, 0.25) is 5.91 Å². The highest BCUT2D eigenvalue weighted by Crippen LogP contribution is 2.47. The highest BCUT2D eigenvalue weighted by atomic mass is 35.5. The molecule has 1 aliphatic carbocycles. The van der Waals surface area contributed by atoms with Crippen molar-refractivity contribution < 1.29 is 9.90 Å². The third-order valence-corrected chi connectivity index (χ3v) is 2.77. The zero-order valence-corrected chi connectivity index (χ0v) is 8.44. The second-order valence-electron chi connectivity index (χ2n) is 3.69. The highest BCUT2D eigenvalue weighted by Gasteiger charge is 2.41. The van der Waals surface area contributed by atoms with Crippen LogP contribution in [0.4, 0.5) is 0 Å². The van der Waals surface area contributed by atoms with Crippen LogP contribution in [-0.2, 0) is 4.79 Å². The number of alkyl halides is 1. The van der Waals surface area contributed by atoms with Crippen LogP contribution in [-0.4, -0.2) is 30.0 Å². The first-order chi connectivity index (χ1) is 6.22. The fourth-order valence-corrected chi connectivity index (χ4v) is 1.56. The van der Waals surface area contributed by atoms with Crippen LogP contribution in [0.5, 0.6) is 0 Å². The Labute approximate surface area is 83.5 Å². The molecule has 0 bridgehead atoms. The minimum Gasteiger partial charge on any atom is -0.396 e. The lowest BCUT2D eigenvalue weighted by molar-refractivity contribution is -0.121. The molecule has 0 atom stereocenters. The fourth-order valence-electron chi connectivity index (χ4n) is 1.39. The Kier molecular flexibility index (Phi) is 4.00. The van der Waals surface area contributed by atoms with Gasteiger partial charge in [0.15, 0.2) is 0 Å². The zero-order chi connectivity index (χ0) is 9.73. The molecule has 1 rings (SSSR count). The quantitative estimate of drug-likeness (QED) is 0.633. The van der Waals surface area contributed by atoms with Gasteiger partial charge in [0.05, 0.1) is 0 Å². The molecule has 0 aromatic heterocycles. The van der Waals surface area contributed by atoms with Crippen LogP contribution in [0.25, 0.3) is 0 Å². The van der Waals surface area contributed by atoms with E-state index in [1.165, 1.54) is 0 Å². The molecule has 1 amide bonds. The van der Waals surface area contributed by atoms with Crippen molar-refractivity contribution in [3.63, 3.8) is 0 Å². The second kappa shape index (κ2) is 4.82. The Morgan fingerprint density at radius 2 is 2.23 bits per heavy atom. The lowest BCUT2D eigenvalue weighted by Crippen LogP contribution is -2.30. The maximum Gasteiger partial charge on any atom is 0.221 e. The van der Waals surface area contributed by atoms with Crippen molar-refractivity contribution in [2.75, 3.05) is 19.0 Å². The molecule has 3 nitrogen and oxygen atoms in total. The maximum absolute atomic E-state index is 11.1. The van der Waals surface area contributed by atoms with Crippen molar-refractivity contribution in [1.29, 1.82) is 0 Å². The summed E-state index contributed by atoms with van der Waals surface area (Å²) in [7, 11) is 0. The molecule has 13 heavy (non-hydrogen) atoms. The predicted octanol–water partition coefficient (Wildman–Crippen LogP) is 0.894. The van der Waals surface area contributed by atoms with Crippen LogP contribution < -0.4 is 5.32 Å². The summed E-state index contributed by atoms with van der Waals surface area (Å²) in [4.78, 5) is 11.1. The van der Waals surface area contributed by atoms with Crippen molar-refractivity contribution in [2.45, 2.75) is 25.7 Å². The molecule has 0 radical (unpaired) electrons. The molecule has 0 spiro atoms. The number of carbonyl (C=O) groups is 1. The van der Waals surface area contributed by atoms with Crippen LogP contribution in [0.3, 0.4) is 0 Å². The van der Waals surface area contributed by atoms with E-state index in [1.807, 2.05) is 0 Å². The Bertz CT molecular complexity index is 180. The van der Waals surface area contributed by atoms with Gasteiger partial charge in [0, 0.05) is 25.5 Å². The normalized spacial score (nSPS) is 18.3. The van der Waals surface area contributed by atoms with Crippen LogP contribution in [0.2, 0.25) is 0 Å². The van der Waals surface area contributed by atoms with Gasteiger partial charge in [0.25, 0.3) is 0 Å². The van der Waals surface area contributed by atoms with E-state index < -0.39 is 0 Å². The number of halogens is 1. The van der Waals surface area contributed by atoms with Crippen LogP contribution >= 0.6 is 11.6 Å². The molecule has 4 heteroatoms. The Morgan fingerprint density at radius 3 is 2.69 bits per heavy atom. The van der Waals surface area contributed by atoms with Crippen LogP contribution in [0.15, 0.2) is 0 Å². The topological polar surface area (TPSA) is 49.3 Å². The molecule has 0 saturated heterocycles. The Balaban J connectivity index is 2.14. The van der Waals surface area contributed by atoms with Gasteiger partial charge in [-0.1, -0.05) is 0 Å². The van der Waals surface area contributed by atoms with Crippen molar-refractivity contribution in [3.8, 4) is 0 Å². The summed E-state index contributed by atoms with van der Waals surface area (Å²) in [5.41, 5.74) is 0.205. The van der Waals surface area contributed by atoms with E-state index >= 15 is 0 Å². The zero-order valence-electron chi connectivity index (χ0n) is 7.68. The monoisotopic (exact) mass is 205 g/mol. The number of rotatable bonds is 6. The third-order valence-electron chi connectivity index (χ3n) is 2.58. The van der Waals surface area contributed by atoms with Gasteiger partial charge in [0.1, 0.15) is 0 Å². The van der Waals surface area contributed by atoms with Crippen LogP contribution in [0.1, 0.15) is 25.7 Å². The van der Waals surface area contributed by atoms with Gasteiger partial charge in [-0.2, -0.15) is 0 Å². The molecule has 0 aliphatic heterocycles. The second-order valence-corrected chi connectivity index (χ2v) is 4.07. The van der Waals surface area contributed by atoms with E-state index in [0.717, 1.165) is 19.3 Å². The first kappa shape index (κ1) is 10.8. The smallest absolute Gasteiger partial charge is 0.221 e. The number of aliphatic hydroxyl groups excluding tert-OH is 1. The molecule has 1 fully saturated rings. The standard InChI is InChI=1S/C9H16ClNO2/c10-5-1-8(13)11-7-9(2-3-9)4-6-12/h12H,1-7H2,(H,11,13). The van der Waals surface area contributed by atoms with Crippen molar-refractivity contribution in [3.05, 3.63) is 0 Å². The summed E-state index contributed by atoms with van der Waals surface area (Å²) in [5, 5.41) is 11.6. The molecular formula is C9H16ClNO2. The summed E-state index contributed by atoms with van der Waals surface area (Å²) < 4.78 is 0. The number of amides is 1. The van der Waals surface area contributed by atoms with Gasteiger partial charge < -0.3 is 10.4 Å². The average Bonchev–Trinajstić information content (AvgIpc) is 2.84. The first-order valence-electron chi connectivity index (χ1n) is 4.66. The fraction of sp³-hybridized carbons (Fsp3) is 0.889. The molecule has 2 N–H and O–H groups in total. The first-order valence-corrected chi connectivity index (χ1v) is 5.19. The molecule has 0 heterocycles. The summed E-state index contributed by atoms with van der Waals surface area (Å²) in [6.07, 6.45) is 3.42. The van der Waals surface area contributed by atoms with Gasteiger partial charge in [-0.25, -0.2) is 0 Å². The van der Waals surface area contributed by atoms with Crippen LogP contribution in [0, 0.1) is 5.41 Å². The minimum atomic E-state index is 0.0132. The molecule has 0 unspecified atom stereocenters. The average molecular weight is 206 g/mol. The Morgan fingerprint density at radius 1 is 1.54 bits per heavy atom. The number of hydrogen-bond donors (Lipinski definition) is 2. The van der Waals surface area contributed by atoms with Gasteiger partial charge in [-0.05, 0) is 24.7 Å². The number of aliphatic hydroxyl groups is 1. The minimum absolute atomic E-state index is 0.0132. The van der Waals surface area contributed by atoms with E-state index in [2.05, 4.69) is 5.32 Å². The molecule has 0 aromatic rings. The summed E-state index contributed by atoms with van der Waals surface area (Å²) in [6.45, 7) is 0.911. The molecule has 1 aliphatic rings. The molecule has 1 saturated carbocycles. The molecule has 76 valence electrons. The Hall–Kier alpha value is -0.280. The summed E-state index contributed by atoms with van der Waals surface area (Å²) in [5.74, 6) is 0.387. The van der Waals surface area contributed by atoms with Gasteiger partial charge in [-0.3, -0.25) is 4.79 Å². The SMILES string of the molecule is O=C(CCCl)NCC1(CCO)CC1. The molecular weight excluding hydrogens is 190 g/mol. The summed E-state index contributed by atoms with van der Waals surface area (Å²) >= 11 is 5.42.